The Labute approximate surface area is 132 Å². The maximum atomic E-state index is 4.64. The molecule has 1 saturated heterocycles. The number of rotatable bonds is 6. The van der Waals surface area contributed by atoms with Crippen LogP contribution in [-0.2, 0) is 6.42 Å². The van der Waals surface area contributed by atoms with Gasteiger partial charge < -0.3 is 4.90 Å². The van der Waals surface area contributed by atoms with Crippen molar-refractivity contribution in [1.82, 2.24) is 9.27 Å². The zero-order valence-corrected chi connectivity index (χ0v) is 13.9. The third-order valence-corrected chi connectivity index (χ3v) is 5.61. The number of aryl methyl sites for hydroxylation is 1. The fraction of sp³-hybridized carbons (Fsp3) is 0.611. The van der Waals surface area contributed by atoms with Crippen LogP contribution in [0, 0.1) is 5.92 Å². The molecule has 21 heavy (non-hydrogen) atoms. The first kappa shape index (κ1) is 15.0. The maximum absolute atomic E-state index is 4.64. The van der Waals surface area contributed by atoms with Crippen LogP contribution in [0.1, 0.15) is 44.7 Å². The molecule has 1 aromatic heterocycles. The minimum atomic E-state index is 0.994. The maximum Gasteiger partial charge on any atom is 0.0621 e. The summed E-state index contributed by atoms with van der Waals surface area (Å²) in [4.78, 5) is 2.65. The minimum Gasteiger partial charge on any atom is -0.303 e. The first-order valence-corrected chi connectivity index (χ1v) is 9.20. The van der Waals surface area contributed by atoms with Crippen molar-refractivity contribution in [1.29, 1.82) is 0 Å². The van der Waals surface area contributed by atoms with Gasteiger partial charge in [-0.1, -0.05) is 38.0 Å². The van der Waals surface area contributed by atoms with E-state index in [9.17, 15) is 0 Å². The molecule has 1 fully saturated rings. The van der Waals surface area contributed by atoms with Gasteiger partial charge in [0.1, 0.15) is 0 Å². The summed E-state index contributed by atoms with van der Waals surface area (Å²) < 4.78 is 5.96. The summed E-state index contributed by atoms with van der Waals surface area (Å²) in [6.45, 7) is 6.17. The fourth-order valence-electron chi connectivity index (χ4n) is 3.50. The first-order chi connectivity index (χ1) is 10.4. The van der Waals surface area contributed by atoms with Gasteiger partial charge in [0.15, 0.2) is 0 Å². The Bertz CT molecular complexity index is 555. The molecule has 2 aromatic rings. The van der Waals surface area contributed by atoms with Crippen LogP contribution in [0.3, 0.4) is 0 Å². The van der Waals surface area contributed by atoms with Gasteiger partial charge in [-0.25, -0.2) is 0 Å². The van der Waals surface area contributed by atoms with Gasteiger partial charge in [-0.2, -0.15) is 4.37 Å². The molecule has 0 radical (unpaired) electrons. The van der Waals surface area contributed by atoms with Crippen LogP contribution in [0.4, 0.5) is 0 Å². The van der Waals surface area contributed by atoms with Crippen molar-refractivity contribution >= 4 is 21.6 Å². The fourth-order valence-corrected chi connectivity index (χ4v) is 4.32. The van der Waals surface area contributed by atoms with E-state index in [4.69, 9.17) is 0 Å². The molecule has 0 N–H and O–H groups in total. The molecule has 2 heterocycles. The summed E-state index contributed by atoms with van der Waals surface area (Å²) in [6, 6.07) is 8.61. The molecular weight excluding hydrogens is 276 g/mol. The van der Waals surface area contributed by atoms with Crippen molar-refractivity contribution in [3.8, 4) is 0 Å². The summed E-state index contributed by atoms with van der Waals surface area (Å²) in [7, 11) is 0. The minimum absolute atomic E-state index is 0.994. The van der Waals surface area contributed by atoms with E-state index < -0.39 is 0 Å². The Morgan fingerprint density at radius 1 is 1.24 bits per heavy atom. The molecule has 0 unspecified atom stereocenters. The summed E-state index contributed by atoms with van der Waals surface area (Å²) >= 11 is 1.64. The molecular formula is C18H26N2S. The van der Waals surface area contributed by atoms with Crippen molar-refractivity contribution < 1.29 is 0 Å². The Morgan fingerprint density at radius 3 is 2.86 bits per heavy atom. The van der Waals surface area contributed by atoms with Crippen molar-refractivity contribution in [3.05, 3.63) is 30.0 Å². The quantitative estimate of drug-likeness (QED) is 0.766. The molecule has 114 valence electrons. The highest BCUT2D eigenvalue weighted by Crippen LogP contribution is 2.24. The highest BCUT2D eigenvalue weighted by molar-refractivity contribution is 7.13. The predicted molar refractivity (Wildman–Crippen MR) is 92.0 cm³/mol. The Balaban J connectivity index is 1.44. The van der Waals surface area contributed by atoms with E-state index in [2.05, 4.69) is 40.5 Å². The van der Waals surface area contributed by atoms with Crippen LogP contribution in [0.5, 0.6) is 0 Å². The second-order valence-corrected chi connectivity index (χ2v) is 7.11. The Morgan fingerprint density at radius 2 is 2.05 bits per heavy atom. The Hall–Kier alpha value is -0.930. The molecule has 0 bridgehead atoms. The van der Waals surface area contributed by atoms with E-state index >= 15 is 0 Å². The van der Waals surface area contributed by atoms with Crippen LogP contribution in [0.25, 0.3) is 10.1 Å². The zero-order chi connectivity index (χ0) is 14.5. The van der Waals surface area contributed by atoms with Crippen LogP contribution in [0.15, 0.2) is 24.3 Å². The van der Waals surface area contributed by atoms with Crippen LogP contribution in [0.2, 0.25) is 0 Å². The van der Waals surface area contributed by atoms with Crippen molar-refractivity contribution in [2.75, 3.05) is 19.6 Å². The molecule has 0 atom stereocenters. The molecule has 3 heteroatoms. The van der Waals surface area contributed by atoms with Gasteiger partial charge in [0.2, 0.25) is 0 Å². The highest BCUT2D eigenvalue weighted by atomic mass is 32.1. The number of fused-ring (bicyclic) bond motifs is 1. The second kappa shape index (κ2) is 7.37. The number of benzene rings is 1. The van der Waals surface area contributed by atoms with Crippen molar-refractivity contribution in [3.63, 3.8) is 0 Å². The lowest BCUT2D eigenvalue weighted by molar-refractivity contribution is 0.177. The molecule has 1 aromatic carbocycles. The third-order valence-electron chi connectivity index (χ3n) is 4.74. The predicted octanol–water partition coefficient (Wildman–Crippen LogP) is 4.74. The largest absolute Gasteiger partial charge is 0.303 e. The third kappa shape index (κ3) is 3.83. The molecule has 2 nitrogen and oxygen atoms in total. The lowest BCUT2D eigenvalue weighted by Gasteiger charge is -2.31. The van der Waals surface area contributed by atoms with E-state index in [1.165, 1.54) is 67.5 Å². The molecule has 0 aliphatic carbocycles. The van der Waals surface area contributed by atoms with Gasteiger partial charge >= 0.3 is 0 Å². The molecule has 0 amide bonds. The van der Waals surface area contributed by atoms with E-state index in [1.54, 1.807) is 11.5 Å². The van der Waals surface area contributed by atoms with E-state index in [0.29, 0.717) is 0 Å². The standard InChI is InChI=1S/C18H26N2S/c1-2-6-15-10-13-20(14-11-15)12-5-8-17-16-7-3-4-9-18(16)21-19-17/h3-4,7,9,15H,2,5-6,8,10-14H2,1H3. The van der Waals surface area contributed by atoms with Crippen molar-refractivity contribution in [2.24, 2.45) is 5.92 Å². The van der Waals surface area contributed by atoms with Gasteiger partial charge in [0, 0.05) is 5.39 Å². The molecule has 3 rings (SSSR count). The van der Waals surface area contributed by atoms with E-state index in [1.807, 2.05) is 0 Å². The normalized spacial score (nSPS) is 17.6. The average Bonchev–Trinajstić information content (AvgIpc) is 2.93. The smallest absolute Gasteiger partial charge is 0.0621 e. The lowest BCUT2D eigenvalue weighted by atomic mass is 9.92. The number of nitrogens with zero attached hydrogens (tertiary/aromatic N) is 2. The SMILES string of the molecule is CCCC1CCN(CCCc2nsc3ccccc23)CC1. The van der Waals surface area contributed by atoms with Gasteiger partial charge in [-0.15, -0.1) is 0 Å². The number of hydrogen-bond donors (Lipinski definition) is 0. The van der Waals surface area contributed by atoms with Gasteiger partial charge in [-0.3, -0.25) is 0 Å². The number of piperidine rings is 1. The van der Waals surface area contributed by atoms with Gasteiger partial charge in [0.05, 0.1) is 10.4 Å². The van der Waals surface area contributed by atoms with Crippen LogP contribution < -0.4 is 0 Å². The number of likely N-dealkylation sites (tertiary alicyclic amines) is 1. The molecule has 1 aliphatic rings. The second-order valence-electron chi connectivity index (χ2n) is 6.30. The monoisotopic (exact) mass is 302 g/mol. The number of hydrogen-bond acceptors (Lipinski definition) is 3. The zero-order valence-electron chi connectivity index (χ0n) is 13.1. The van der Waals surface area contributed by atoms with Gasteiger partial charge in [-0.05, 0) is 68.8 Å². The molecule has 1 aliphatic heterocycles. The summed E-state index contributed by atoms with van der Waals surface area (Å²) in [5, 5.41) is 1.36. The van der Waals surface area contributed by atoms with E-state index in [0.717, 1.165) is 12.3 Å². The summed E-state index contributed by atoms with van der Waals surface area (Å²) in [6.07, 6.45) is 7.96. The van der Waals surface area contributed by atoms with Gasteiger partial charge in [0.25, 0.3) is 0 Å². The highest BCUT2D eigenvalue weighted by Gasteiger charge is 2.18. The molecule has 0 spiro atoms. The number of aromatic nitrogens is 1. The van der Waals surface area contributed by atoms with Crippen LogP contribution >= 0.6 is 11.5 Å². The average molecular weight is 302 g/mol. The van der Waals surface area contributed by atoms with E-state index in [-0.39, 0.29) is 0 Å². The van der Waals surface area contributed by atoms with Crippen LogP contribution in [-0.4, -0.2) is 28.9 Å². The Kier molecular flexibility index (Phi) is 5.26. The lowest BCUT2D eigenvalue weighted by Crippen LogP contribution is -2.34. The summed E-state index contributed by atoms with van der Waals surface area (Å²) in [5.74, 6) is 0.994. The molecule has 0 saturated carbocycles. The first-order valence-electron chi connectivity index (χ1n) is 8.42. The van der Waals surface area contributed by atoms with Crippen molar-refractivity contribution in [2.45, 2.75) is 45.4 Å². The topological polar surface area (TPSA) is 16.1 Å². The summed E-state index contributed by atoms with van der Waals surface area (Å²) in [5.41, 5.74) is 1.30.